The number of aromatic nitrogens is 4. The number of benzene rings is 2. The lowest BCUT2D eigenvalue weighted by Crippen LogP contribution is -2.23. The second kappa shape index (κ2) is 8.44. The number of nitrogens with zero attached hydrogens (tertiary/aromatic N) is 3. The summed E-state index contributed by atoms with van der Waals surface area (Å²) in [5.41, 5.74) is 0.524. The molecule has 3 aromatic heterocycles. The molecule has 1 unspecified atom stereocenters. The molecule has 5 aromatic rings. The van der Waals surface area contributed by atoms with Crippen LogP contribution in [0.4, 0.5) is 8.78 Å². The van der Waals surface area contributed by atoms with Crippen molar-refractivity contribution in [1.29, 1.82) is 0 Å². The molecular formula is C24H18F2N4O2S2. The van der Waals surface area contributed by atoms with E-state index in [1.165, 1.54) is 17.4 Å². The quantitative estimate of drug-likeness (QED) is 0.265. The van der Waals surface area contributed by atoms with E-state index in [0.29, 0.717) is 26.9 Å². The number of nitrogens with one attached hydrogen (secondary N) is 1. The Labute approximate surface area is 200 Å². The third-order valence-electron chi connectivity index (χ3n) is 5.62. The van der Waals surface area contributed by atoms with Crippen LogP contribution in [0.2, 0.25) is 0 Å². The zero-order chi connectivity index (χ0) is 24.1. The maximum atomic E-state index is 14.7. The summed E-state index contributed by atoms with van der Waals surface area (Å²) >= 11 is 2.59. The van der Waals surface area contributed by atoms with Crippen LogP contribution in [0.25, 0.3) is 26.8 Å². The number of para-hydroxylation sites is 1. The molecule has 10 heteroatoms. The minimum Gasteiger partial charge on any atom is -0.309 e. The summed E-state index contributed by atoms with van der Waals surface area (Å²) in [4.78, 5) is 39.8. The maximum absolute atomic E-state index is 14.7. The van der Waals surface area contributed by atoms with Gasteiger partial charge in [0, 0.05) is 10.9 Å². The van der Waals surface area contributed by atoms with E-state index in [2.05, 4.69) is 15.0 Å². The van der Waals surface area contributed by atoms with Gasteiger partial charge in [0.05, 0.1) is 27.2 Å². The molecule has 0 spiro atoms. The van der Waals surface area contributed by atoms with Crippen LogP contribution in [0.15, 0.2) is 57.2 Å². The Balaban J connectivity index is 1.67. The van der Waals surface area contributed by atoms with Gasteiger partial charge >= 0.3 is 0 Å². The van der Waals surface area contributed by atoms with Gasteiger partial charge in [0.1, 0.15) is 22.3 Å². The molecule has 0 saturated heterocycles. The van der Waals surface area contributed by atoms with Crippen molar-refractivity contribution in [2.45, 2.75) is 31.2 Å². The predicted molar refractivity (Wildman–Crippen MR) is 131 cm³/mol. The molecular weight excluding hydrogens is 478 g/mol. The monoisotopic (exact) mass is 496 g/mol. The summed E-state index contributed by atoms with van der Waals surface area (Å²) in [6.07, 6.45) is 0. The van der Waals surface area contributed by atoms with Crippen LogP contribution < -0.4 is 11.1 Å². The lowest BCUT2D eigenvalue weighted by atomic mass is 10.2. The number of aryl methyl sites for hydroxylation is 2. The molecule has 172 valence electrons. The first-order valence-electron chi connectivity index (χ1n) is 10.4. The van der Waals surface area contributed by atoms with E-state index in [-0.39, 0.29) is 16.4 Å². The van der Waals surface area contributed by atoms with Crippen LogP contribution in [0.3, 0.4) is 0 Å². The van der Waals surface area contributed by atoms with E-state index in [9.17, 15) is 18.4 Å². The number of halogens is 2. The van der Waals surface area contributed by atoms with E-state index < -0.39 is 22.4 Å². The topological polar surface area (TPSA) is 80.6 Å². The van der Waals surface area contributed by atoms with Gasteiger partial charge in [-0.2, -0.15) is 0 Å². The standard InChI is InChI=1S/C24H18F2N4O2S2/c1-11-12(2)33-22-19(11)21(31)28-20(29-22)13(3)34-24-27-17-7-5-4-6-15(17)23(32)30(24)18-9-8-14(25)10-16(18)26/h4-10,13H,1-3H3,(H,28,29,31). The number of hydrogen-bond donors (Lipinski definition) is 1. The zero-order valence-electron chi connectivity index (χ0n) is 18.3. The first-order chi connectivity index (χ1) is 16.2. The molecule has 5 rings (SSSR count). The first-order valence-corrected chi connectivity index (χ1v) is 12.1. The highest BCUT2D eigenvalue weighted by Crippen LogP contribution is 2.35. The molecule has 0 aliphatic rings. The summed E-state index contributed by atoms with van der Waals surface area (Å²) in [6, 6.07) is 9.77. The number of hydrogen-bond acceptors (Lipinski definition) is 6. The molecule has 0 aliphatic heterocycles. The van der Waals surface area contributed by atoms with Gasteiger partial charge in [0.25, 0.3) is 11.1 Å². The van der Waals surface area contributed by atoms with Crippen LogP contribution >= 0.6 is 23.1 Å². The van der Waals surface area contributed by atoms with Crippen molar-refractivity contribution >= 4 is 44.2 Å². The molecule has 34 heavy (non-hydrogen) atoms. The molecule has 0 fully saturated rings. The minimum atomic E-state index is -0.883. The largest absolute Gasteiger partial charge is 0.309 e. The Hall–Kier alpha value is -3.37. The number of thiophene rings is 1. The average molecular weight is 497 g/mol. The number of thioether (sulfide) groups is 1. The predicted octanol–water partition coefficient (Wildman–Crippen LogP) is 5.43. The zero-order valence-corrected chi connectivity index (χ0v) is 20.0. The highest BCUT2D eigenvalue weighted by atomic mass is 32.2. The van der Waals surface area contributed by atoms with Gasteiger partial charge in [-0.15, -0.1) is 11.3 Å². The maximum Gasteiger partial charge on any atom is 0.266 e. The van der Waals surface area contributed by atoms with E-state index >= 15 is 0 Å². The van der Waals surface area contributed by atoms with E-state index in [1.807, 2.05) is 20.8 Å². The first kappa shape index (κ1) is 22.4. The molecule has 0 amide bonds. The van der Waals surface area contributed by atoms with E-state index in [0.717, 1.165) is 38.9 Å². The summed E-state index contributed by atoms with van der Waals surface area (Å²) < 4.78 is 29.4. The van der Waals surface area contributed by atoms with Gasteiger partial charge in [-0.25, -0.2) is 18.7 Å². The number of H-pyrrole nitrogens is 1. The lowest BCUT2D eigenvalue weighted by Gasteiger charge is -2.16. The molecule has 0 saturated carbocycles. The van der Waals surface area contributed by atoms with Crippen molar-refractivity contribution < 1.29 is 8.78 Å². The van der Waals surface area contributed by atoms with Gasteiger partial charge in [0.2, 0.25) is 0 Å². The second-order valence-corrected chi connectivity index (χ2v) is 10.3. The lowest BCUT2D eigenvalue weighted by molar-refractivity contribution is 0.572. The van der Waals surface area contributed by atoms with Gasteiger partial charge in [-0.1, -0.05) is 23.9 Å². The molecule has 2 aromatic carbocycles. The molecule has 0 radical (unpaired) electrons. The van der Waals surface area contributed by atoms with Crippen molar-refractivity contribution in [2.75, 3.05) is 0 Å². The summed E-state index contributed by atoms with van der Waals surface area (Å²) in [7, 11) is 0. The van der Waals surface area contributed by atoms with Gasteiger partial charge in [0.15, 0.2) is 5.16 Å². The fraction of sp³-hybridized carbons (Fsp3) is 0.167. The van der Waals surface area contributed by atoms with Crippen LogP contribution in [0.5, 0.6) is 0 Å². The molecule has 0 bridgehead atoms. The van der Waals surface area contributed by atoms with E-state index in [1.54, 1.807) is 24.3 Å². The molecule has 1 atom stereocenters. The average Bonchev–Trinajstić information content (AvgIpc) is 3.08. The molecule has 0 aliphatic carbocycles. The van der Waals surface area contributed by atoms with E-state index in [4.69, 9.17) is 0 Å². The third kappa shape index (κ3) is 3.72. The Morgan fingerprint density at radius 3 is 2.62 bits per heavy atom. The minimum absolute atomic E-state index is 0.110. The van der Waals surface area contributed by atoms with Crippen LogP contribution in [0, 0.1) is 25.5 Å². The fourth-order valence-electron chi connectivity index (χ4n) is 3.74. The van der Waals surface area contributed by atoms with Crippen molar-refractivity contribution in [3.05, 3.63) is 91.1 Å². The summed E-state index contributed by atoms with van der Waals surface area (Å²) in [5, 5.41) is 0.643. The van der Waals surface area contributed by atoms with Gasteiger partial charge < -0.3 is 4.98 Å². The molecule has 6 nitrogen and oxygen atoms in total. The normalized spacial score (nSPS) is 12.5. The Kier molecular flexibility index (Phi) is 5.57. The van der Waals surface area contributed by atoms with Crippen molar-refractivity contribution in [1.82, 2.24) is 19.5 Å². The van der Waals surface area contributed by atoms with Gasteiger partial charge in [-0.3, -0.25) is 14.2 Å². The summed E-state index contributed by atoms with van der Waals surface area (Å²) in [5.74, 6) is -1.22. The van der Waals surface area contributed by atoms with Crippen LogP contribution in [-0.2, 0) is 0 Å². The smallest absolute Gasteiger partial charge is 0.266 e. The Bertz CT molecular complexity index is 1710. The van der Waals surface area contributed by atoms with Crippen molar-refractivity contribution in [2.24, 2.45) is 0 Å². The fourth-order valence-corrected chi connectivity index (χ4v) is 5.76. The number of fused-ring (bicyclic) bond motifs is 2. The second-order valence-electron chi connectivity index (χ2n) is 7.82. The van der Waals surface area contributed by atoms with Crippen LogP contribution in [0.1, 0.15) is 28.4 Å². The van der Waals surface area contributed by atoms with Crippen LogP contribution in [-0.4, -0.2) is 19.5 Å². The molecule has 1 N–H and O–H groups in total. The third-order valence-corrected chi connectivity index (χ3v) is 7.78. The highest BCUT2D eigenvalue weighted by Gasteiger charge is 2.21. The Morgan fingerprint density at radius 2 is 1.85 bits per heavy atom. The SMILES string of the molecule is Cc1sc2nc(C(C)Sc3nc4ccccc4c(=O)n3-c3ccc(F)cc3F)[nH]c(=O)c2c1C. The number of aromatic amines is 1. The van der Waals surface area contributed by atoms with Gasteiger partial charge in [-0.05, 0) is 50.6 Å². The summed E-state index contributed by atoms with van der Waals surface area (Å²) in [6.45, 7) is 5.64. The number of rotatable bonds is 4. The molecule has 3 heterocycles. The Morgan fingerprint density at radius 1 is 1.09 bits per heavy atom. The highest BCUT2D eigenvalue weighted by molar-refractivity contribution is 7.99. The van der Waals surface area contributed by atoms with Crippen molar-refractivity contribution in [3.63, 3.8) is 0 Å². The van der Waals surface area contributed by atoms with Crippen molar-refractivity contribution in [3.8, 4) is 5.69 Å².